The molecule has 0 bridgehead atoms. The quantitative estimate of drug-likeness (QED) is 0.608. The molecule has 8 nitrogen and oxygen atoms in total. The van der Waals surface area contributed by atoms with E-state index in [9.17, 15) is 14.4 Å². The molecule has 20 heavy (non-hydrogen) atoms. The number of amides is 2. The average molecular weight is 281 g/mol. The van der Waals surface area contributed by atoms with Crippen LogP contribution >= 0.6 is 0 Å². The zero-order chi connectivity index (χ0) is 14.7. The van der Waals surface area contributed by atoms with Gasteiger partial charge in [-0.1, -0.05) is 5.16 Å². The van der Waals surface area contributed by atoms with Gasteiger partial charge in [-0.25, -0.2) is 4.79 Å². The highest BCUT2D eigenvalue weighted by atomic mass is 16.5. The van der Waals surface area contributed by atoms with Gasteiger partial charge in [-0.15, -0.1) is 0 Å². The first kappa shape index (κ1) is 14.0. The molecule has 1 atom stereocenters. The molecule has 0 aliphatic carbocycles. The van der Waals surface area contributed by atoms with Gasteiger partial charge in [0.15, 0.2) is 5.82 Å². The summed E-state index contributed by atoms with van der Waals surface area (Å²) >= 11 is 0. The Morgan fingerprint density at radius 2 is 2.25 bits per heavy atom. The number of aromatic nitrogens is 1. The molecule has 2 amide bonds. The molecule has 0 aromatic carbocycles. The van der Waals surface area contributed by atoms with Crippen LogP contribution in [0.1, 0.15) is 18.6 Å². The SMILES string of the molecule is COC(=O)[C@@H]1CCCN1C(=O)C(=O)Nc1cc(C)on1. The lowest BCUT2D eigenvalue weighted by molar-refractivity contribution is -0.153. The van der Waals surface area contributed by atoms with E-state index in [2.05, 4.69) is 15.2 Å². The smallest absolute Gasteiger partial charge is 0.328 e. The van der Waals surface area contributed by atoms with Gasteiger partial charge in [0.2, 0.25) is 0 Å². The van der Waals surface area contributed by atoms with Crippen molar-refractivity contribution in [1.29, 1.82) is 0 Å². The largest absolute Gasteiger partial charge is 0.467 e. The van der Waals surface area contributed by atoms with Crippen molar-refractivity contribution in [3.63, 3.8) is 0 Å². The second-order valence-corrected chi connectivity index (χ2v) is 4.46. The predicted octanol–water partition coefficient (Wildman–Crippen LogP) is 0.0855. The summed E-state index contributed by atoms with van der Waals surface area (Å²) in [5, 5.41) is 5.90. The Morgan fingerprint density at radius 1 is 1.50 bits per heavy atom. The van der Waals surface area contributed by atoms with Crippen molar-refractivity contribution in [3.05, 3.63) is 11.8 Å². The Balaban J connectivity index is 2.02. The van der Waals surface area contributed by atoms with Crippen molar-refractivity contribution in [3.8, 4) is 0 Å². The van der Waals surface area contributed by atoms with Crippen LogP contribution in [0.5, 0.6) is 0 Å². The van der Waals surface area contributed by atoms with E-state index in [1.807, 2.05) is 0 Å². The maximum absolute atomic E-state index is 12.0. The minimum absolute atomic E-state index is 0.162. The molecule has 2 rings (SSSR count). The van der Waals surface area contributed by atoms with Crippen molar-refractivity contribution in [2.75, 3.05) is 19.0 Å². The molecule has 2 heterocycles. The number of nitrogens with one attached hydrogen (secondary N) is 1. The highest BCUT2D eigenvalue weighted by Crippen LogP contribution is 2.19. The standard InChI is InChI=1S/C12H15N3O5/c1-7-6-9(14-20-7)13-10(16)11(17)15-5-3-4-8(15)12(18)19-2/h6,8H,3-5H2,1-2H3,(H,13,14,16)/t8-/m0/s1. The Labute approximate surface area is 115 Å². The summed E-state index contributed by atoms with van der Waals surface area (Å²) in [6, 6.07) is 0.796. The van der Waals surface area contributed by atoms with E-state index < -0.39 is 23.8 Å². The number of methoxy groups -OCH3 is 1. The second kappa shape index (κ2) is 5.72. The van der Waals surface area contributed by atoms with Crippen molar-refractivity contribution in [1.82, 2.24) is 10.1 Å². The number of aryl methyl sites for hydroxylation is 1. The molecular weight excluding hydrogens is 266 g/mol. The third-order valence-corrected chi connectivity index (χ3v) is 3.05. The van der Waals surface area contributed by atoms with E-state index in [1.54, 1.807) is 6.92 Å². The third kappa shape index (κ3) is 2.79. The molecule has 0 radical (unpaired) electrons. The van der Waals surface area contributed by atoms with Gasteiger partial charge in [0.25, 0.3) is 0 Å². The lowest BCUT2D eigenvalue weighted by atomic mass is 10.2. The van der Waals surface area contributed by atoms with Crippen LogP contribution in [0.3, 0.4) is 0 Å². The Kier molecular flexibility index (Phi) is 4.02. The average Bonchev–Trinajstić information content (AvgIpc) is 3.06. The molecule has 1 saturated heterocycles. The van der Waals surface area contributed by atoms with Gasteiger partial charge in [-0.05, 0) is 19.8 Å². The number of anilines is 1. The van der Waals surface area contributed by atoms with Gasteiger partial charge < -0.3 is 14.2 Å². The van der Waals surface area contributed by atoms with E-state index in [-0.39, 0.29) is 5.82 Å². The van der Waals surface area contributed by atoms with Gasteiger partial charge in [-0.3, -0.25) is 14.9 Å². The first-order valence-corrected chi connectivity index (χ1v) is 6.16. The van der Waals surface area contributed by atoms with Crippen molar-refractivity contribution < 1.29 is 23.6 Å². The molecule has 0 saturated carbocycles. The molecular formula is C12H15N3O5. The normalized spacial score (nSPS) is 17.9. The van der Waals surface area contributed by atoms with Crippen LogP contribution in [0.2, 0.25) is 0 Å². The number of likely N-dealkylation sites (tertiary alicyclic amines) is 1. The van der Waals surface area contributed by atoms with Crippen LogP contribution in [0.15, 0.2) is 10.6 Å². The number of hydrogen-bond donors (Lipinski definition) is 1. The first-order valence-electron chi connectivity index (χ1n) is 6.16. The van der Waals surface area contributed by atoms with Crippen LogP contribution < -0.4 is 5.32 Å². The fourth-order valence-corrected chi connectivity index (χ4v) is 2.12. The summed E-state index contributed by atoms with van der Waals surface area (Å²) in [5.74, 6) is -1.47. The molecule has 8 heteroatoms. The number of nitrogens with zero attached hydrogens (tertiary/aromatic N) is 2. The predicted molar refractivity (Wildman–Crippen MR) is 66.6 cm³/mol. The molecule has 0 spiro atoms. The van der Waals surface area contributed by atoms with Crippen molar-refractivity contribution in [2.24, 2.45) is 0 Å². The van der Waals surface area contributed by atoms with Gasteiger partial charge in [-0.2, -0.15) is 0 Å². The number of rotatable bonds is 2. The zero-order valence-corrected chi connectivity index (χ0v) is 11.2. The van der Waals surface area contributed by atoms with E-state index in [0.29, 0.717) is 25.1 Å². The number of ether oxygens (including phenoxy) is 1. The number of esters is 1. The fourth-order valence-electron chi connectivity index (χ4n) is 2.12. The zero-order valence-electron chi connectivity index (χ0n) is 11.2. The molecule has 1 aliphatic rings. The van der Waals surface area contributed by atoms with E-state index >= 15 is 0 Å². The molecule has 1 N–H and O–H groups in total. The summed E-state index contributed by atoms with van der Waals surface area (Å²) in [6.45, 7) is 2.02. The summed E-state index contributed by atoms with van der Waals surface area (Å²) in [5.41, 5.74) is 0. The van der Waals surface area contributed by atoms with Gasteiger partial charge in [0.05, 0.1) is 7.11 Å². The minimum Gasteiger partial charge on any atom is -0.467 e. The molecule has 108 valence electrons. The molecule has 1 aromatic heterocycles. The van der Waals surface area contributed by atoms with E-state index in [0.717, 1.165) is 0 Å². The lowest BCUT2D eigenvalue weighted by Gasteiger charge is -2.21. The maximum atomic E-state index is 12.0. The van der Waals surface area contributed by atoms with Crippen LogP contribution in [0.4, 0.5) is 5.82 Å². The number of hydrogen-bond acceptors (Lipinski definition) is 6. The van der Waals surface area contributed by atoms with Crippen LogP contribution in [-0.2, 0) is 19.1 Å². The summed E-state index contributed by atoms with van der Waals surface area (Å²) in [6.07, 6.45) is 1.15. The monoisotopic (exact) mass is 281 g/mol. The molecule has 1 aromatic rings. The van der Waals surface area contributed by atoms with Crippen LogP contribution in [-0.4, -0.2) is 47.5 Å². The Morgan fingerprint density at radius 3 is 2.85 bits per heavy atom. The molecule has 1 aliphatic heterocycles. The summed E-state index contributed by atoms with van der Waals surface area (Å²) < 4.78 is 9.41. The fraction of sp³-hybridized carbons (Fsp3) is 0.500. The van der Waals surface area contributed by atoms with Crippen molar-refractivity contribution in [2.45, 2.75) is 25.8 Å². The van der Waals surface area contributed by atoms with Gasteiger partial charge in [0.1, 0.15) is 11.8 Å². The first-order chi connectivity index (χ1) is 9.52. The molecule has 0 unspecified atom stereocenters. The topological polar surface area (TPSA) is 102 Å². The Bertz CT molecular complexity index is 539. The highest BCUT2D eigenvalue weighted by molar-refractivity contribution is 6.39. The lowest BCUT2D eigenvalue weighted by Crippen LogP contribution is -2.46. The van der Waals surface area contributed by atoms with Gasteiger partial charge in [0, 0.05) is 12.6 Å². The summed E-state index contributed by atoms with van der Waals surface area (Å²) in [4.78, 5) is 36.6. The highest BCUT2D eigenvalue weighted by Gasteiger charge is 2.37. The van der Waals surface area contributed by atoms with E-state index in [4.69, 9.17) is 4.52 Å². The van der Waals surface area contributed by atoms with Crippen molar-refractivity contribution >= 4 is 23.6 Å². The number of carbonyl (C=O) groups excluding carboxylic acids is 3. The minimum atomic E-state index is -0.853. The van der Waals surface area contributed by atoms with Gasteiger partial charge >= 0.3 is 17.8 Å². The van der Waals surface area contributed by atoms with E-state index in [1.165, 1.54) is 18.1 Å². The maximum Gasteiger partial charge on any atom is 0.328 e. The number of carbonyl (C=O) groups is 3. The Hall–Kier alpha value is -2.38. The summed E-state index contributed by atoms with van der Waals surface area (Å²) in [7, 11) is 1.25. The third-order valence-electron chi connectivity index (χ3n) is 3.05. The second-order valence-electron chi connectivity index (χ2n) is 4.46. The van der Waals surface area contributed by atoms with Crippen LogP contribution in [0, 0.1) is 6.92 Å². The molecule has 1 fully saturated rings. The van der Waals surface area contributed by atoms with Crippen LogP contribution in [0.25, 0.3) is 0 Å².